The molecule has 0 unspecified atom stereocenters. The minimum atomic E-state index is 0.101. The van der Waals surface area contributed by atoms with Crippen molar-refractivity contribution in [1.82, 2.24) is 15.1 Å². The number of hydrogen-bond donors (Lipinski definition) is 1. The number of carbonyl (C=O) groups excluding carboxylic acids is 2. The third-order valence-corrected chi connectivity index (χ3v) is 3.69. The second-order valence-corrected chi connectivity index (χ2v) is 7.05. The standard InChI is InChI=1S/C18H37N3O3/c1-15(2)14-18(23)21(6)11-13-24-12-8-17(22)20(5)10-7-9-19-16(3)4/h15-16,19H,7-14H2,1-6H3. The summed E-state index contributed by atoms with van der Waals surface area (Å²) in [6.07, 6.45) is 1.90. The number of carbonyl (C=O) groups is 2. The third-order valence-electron chi connectivity index (χ3n) is 3.69. The highest BCUT2D eigenvalue weighted by atomic mass is 16.5. The van der Waals surface area contributed by atoms with E-state index in [1.165, 1.54) is 0 Å². The Morgan fingerprint density at radius 2 is 1.58 bits per heavy atom. The Labute approximate surface area is 147 Å². The van der Waals surface area contributed by atoms with Crippen molar-refractivity contribution >= 4 is 11.8 Å². The Balaban J connectivity index is 3.68. The van der Waals surface area contributed by atoms with Crippen molar-refractivity contribution in [2.75, 3.05) is 46.9 Å². The van der Waals surface area contributed by atoms with Crippen molar-refractivity contribution in [2.24, 2.45) is 5.92 Å². The summed E-state index contributed by atoms with van der Waals surface area (Å²) < 4.78 is 5.48. The molecule has 142 valence electrons. The number of ether oxygens (including phenoxy) is 1. The predicted octanol–water partition coefficient (Wildman–Crippen LogP) is 1.74. The molecule has 0 radical (unpaired) electrons. The van der Waals surface area contributed by atoms with Gasteiger partial charge in [0.1, 0.15) is 0 Å². The normalized spacial score (nSPS) is 11.2. The molecule has 24 heavy (non-hydrogen) atoms. The first kappa shape index (κ1) is 22.9. The van der Waals surface area contributed by atoms with E-state index < -0.39 is 0 Å². The van der Waals surface area contributed by atoms with Gasteiger partial charge >= 0.3 is 0 Å². The van der Waals surface area contributed by atoms with Crippen LogP contribution in [0.1, 0.15) is 47.0 Å². The average molecular weight is 344 g/mol. The van der Waals surface area contributed by atoms with Crippen molar-refractivity contribution < 1.29 is 14.3 Å². The van der Waals surface area contributed by atoms with Crippen molar-refractivity contribution in [1.29, 1.82) is 0 Å². The number of likely N-dealkylation sites (N-methyl/N-ethyl adjacent to an activating group) is 1. The van der Waals surface area contributed by atoms with Gasteiger partial charge < -0.3 is 19.9 Å². The van der Waals surface area contributed by atoms with Gasteiger partial charge in [-0.25, -0.2) is 0 Å². The van der Waals surface area contributed by atoms with Crippen molar-refractivity contribution in [3.8, 4) is 0 Å². The number of nitrogens with zero attached hydrogens (tertiary/aromatic N) is 2. The van der Waals surface area contributed by atoms with Crippen LogP contribution in [0.15, 0.2) is 0 Å². The lowest BCUT2D eigenvalue weighted by Gasteiger charge is -2.19. The van der Waals surface area contributed by atoms with E-state index in [0.29, 0.717) is 44.6 Å². The fourth-order valence-corrected chi connectivity index (χ4v) is 2.12. The maximum atomic E-state index is 12.0. The smallest absolute Gasteiger partial charge is 0.224 e. The van der Waals surface area contributed by atoms with Gasteiger partial charge in [-0.05, 0) is 18.9 Å². The molecule has 2 amide bonds. The molecule has 6 heteroatoms. The molecular weight excluding hydrogens is 306 g/mol. The Kier molecular flexibility index (Phi) is 12.6. The van der Waals surface area contributed by atoms with Crippen LogP contribution in [0, 0.1) is 5.92 Å². The number of rotatable bonds is 13. The Morgan fingerprint density at radius 3 is 2.17 bits per heavy atom. The van der Waals surface area contributed by atoms with Crippen LogP contribution in [0.2, 0.25) is 0 Å². The highest BCUT2D eigenvalue weighted by Gasteiger charge is 2.11. The summed E-state index contributed by atoms with van der Waals surface area (Å²) in [6, 6.07) is 0.477. The lowest BCUT2D eigenvalue weighted by molar-refractivity contribution is -0.133. The van der Waals surface area contributed by atoms with E-state index >= 15 is 0 Å². The average Bonchev–Trinajstić information content (AvgIpc) is 2.49. The maximum absolute atomic E-state index is 12.0. The van der Waals surface area contributed by atoms with Gasteiger partial charge in [0.15, 0.2) is 0 Å². The summed E-state index contributed by atoms with van der Waals surface area (Å²) in [6.45, 7) is 11.4. The zero-order valence-corrected chi connectivity index (χ0v) is 16.4. The fourth-order valence-electron chi connectivity index (χ4n) is 2.12. The molecule has 0 aromatic heterocycles. The van der Waals surface area contributed by atoms with Crippen LogP contribution in [0.25, 0.3) is 0 Å². The molecule has 0 saturated heterocycles. The summed E-state index contributed by atoms with van der Waals surface area (Å²) in [5.74, 6) is 0.605. The minimum absolute atomic E-state index is 0.101. The first-order valence-corrected chi connectivity index (χ1v) is 9.03. The molecule has 0 aliphatic heterocycles. The van der Waals surface area contributed by atoms with Gasteiger partial charge in [-0.3, -0.25) is 9.59 Å². The van der Waals surface area contributed by atoms with E-state index in [1.54, 1.807) is 16.8 Å². The summed E-state index contributed by atoms with van der Waals surface area (Å²) in [5.41, 5.74) is 0. The van der Waals surface area contributed by atoms with Gasteiger partial charge in [0, 0.05) is 39.6 Å². The fraction of sp³-hybridized carbons (Fsp3) is 0.889. The molecule has 0 atom stereocenters. The summed E-state index contributed by atoms with van der Waals surface area (Å²) >= 11 is 0. The first-order chi connectivity index (χ1) is 11.2. The van der Waals surface area contributed by atoms with Crippen LogP contribution in [-0.4, -0.2) is 74.6 Å². The highest BCUT2D eigenvalue weighted by molar-refractivity contribution is 5.76. The second-order valence-electron chi connectivity index (χ2n) is 7.05. The molecule has 0 spiro atoms. The van der Waals surface area contributed by atoms with Gasteiger partial charge in [-0.15, -0.1) is 0 Å². The summed E-state index contributed by atoms with van der Waals surface area (Å²) in [5, 5.41) is 3.34. The van der Waals surface area contributed by atoms with Crippen LogP contribution in [0.5, 0.6) is 0 Å². The number of nitrogens with one attached hydrogen (secondary N) is 1. The number of amides is 2. The first-order valence-electron chi connectivity index (χ1n) is 9.03. The molecule has 6 nitrogen and oxygen atoms in total. The minimum Gasteiger partial charge on any atom is -0.379 e. The molecule has 0 aromatic rings. The molecule has 0 bridgehead atoms. The lowest BCUT2D eigenvalue weighted by Crippen LogP contribution is -2.32. The maximum Gasteiger partial charge on any atom is 0.224 e. The lowest BCUT2D eigenvalue weighted by atomic mass is 10.1. The SMILES string of the molecule is CC(C)CC(=O)N(C)CCOCCC(=O)N(C)CCCNC(C)C. The van der Waals surface area contributed by atoms with E-state index in [-0.39, 0.29) is 11.8 Å². The van der Waals surface area contributed by atoms with Crippen LogP contribution in [0.3, 0.4) is 0 Å². The van der Waals surface area contributed by atoms with Crippen LogP contribution < -0.4 is 5.32 Å². The molecule has 0 saturated carbocycles. The van der Waals surface area contributed by atoms with E-state index in [4.69, 9.17) is 4.74 Å². The molecule has 0 heterocycles. The van der Waals surface area contributed by atoms with E-state index in [0.717, 1.165) is 19.5 Å². The van der Waals surface area contributed by atoms with Crippen molar-refractivity contribution in [3.05, 3.63) is 0 Å². The second kappa shape index (κ2) is 13.2. The van der Waals surface area contributed by atoms with E-state index in [9.17, 15) is 9.59 Å². The van der Waals surface area contributed by atoms with Gasteiger partial charge in [0.25, 0.3) is 0 Å². The Morgan fingerprint density at radius 1 is 0.958 bits per heavy atom. The van der Waals surface area contributed by atoms with Crippen LogP contribution >= 0.6 is 0 Å². The van der Waals surface area contributed by atoms with Crippen LogP contribution in [-0.2, 0) is 14.3 Å². The Bertz CT molecular complexity index is 359. The highest BCUT2D eigenvalue weighted by Crippen LogP contribution is 2.02. The molecule has 0 aliphatic rings. The van der Waals surface area contributed by atoms with E-state index in [1.807, 2.05) is 20.9 Å². The molecule has 0 fully saturated rings. The zero-order chi connectivity index (χ0) is 18.5. The zero-order valence-electron chi connectivity index (χ0n) is 16.4. The number of hydrogen-bond acceptors (Lipinski definition) is 4. The largest absolute Gasteiger partial charge is 0.379 e. The van der Waals surface area contributed by atoms with Crippen molar-refractivity contribution in [3.63, 3.8) is 0 Å². The van der Waals surface area contributed by atoms with Gasteiger partial charge in [-0.1, -0.05) is 27.7 Å². The van der Waals surface area contributed by atoms with Crippen molar-refractivity contribution in [2.45, 2.75) is 53.0 Å². The van der Waals surface area contributed by atoms with Gasteiger partial charge in [0.05, 0.1) is 19.6 Å². The third kappa shape index (κ3) is 12.3. The molecule has 1 N–H and O–H groups in total. The predicted molar refractivity (Wildman–Crippen MR) is 97.9 cm³/mol. The molecule has 0 aromatic carbocycles. The molecular formula is C18H37N3O3. The van der Waals surface area contributed by atoms with Gasteiger partial charge in [0.2, 0.25) is 11.8 Å². The van der Waals surface area contributed by atoms with Crippen LogP contribution in [0.4, 0.5) is 0 Å². The summed E-state index contributed by atoms with van der Waals surface area (Å²) in [4.78, 5) is 27.2. The quantitative estimate of drug-likeness (QED) is 0.518. The van der Waals surface area contributed by atoms with E-state index in [2.05, 4.69) is 19.2 Å². The summed E-state index contributed by atoms with van der Waals surface area (Å²) in [7, 11) is 3.62. The van der Waals surface area contributed by atoms with Gasteiger partial charge in [-0.2, -0.15) is 0 Å². The monoisotopic (exact) mass is 343 g/mol. The molecule has 0 aliphatic carbocycles. The Hall–Kier alpha value is -1.14. The topological polar surface area (TPSA) is 61.9 Å². The molecule has 0 rings (SSSR count).